The first-order valence-electron chi connectivity index (χ1n) is 8.45. The summed E-state index contributed by atoms with van der Waals surface area (Å²) in [4.78, 5) is 22.4. The zero-order valence-electron chi connectivity index (χ0n) is 14.6. The van der Waals surface area contributed by atoms with Gasteiger partial charge in [-0.05, 0) is 55.5 Å². The van der Waals surface area contributed by atoms with Gasteiger partial charge in [0, 0.05) is 24.5 Å². The molecule has 0 bridgehead atoms. The lowest BCUT2D eigenvalue weighted by atomic mass is 9.97. The first-order valence-corrected chi connectivity index (χ1v) is 10.7. The lowest BCUT2D eigenvalue weighted by Gasteiger charge is -2.11. The summed E-state index contributed by atoms with van der Waals surface area (Å²) in [7, 11) is -0.488. The van der Waals surface area contributed by atoms with Crippen LogP contribution in [0.4, 0.5) is 0 Å². The summed E-state index contributed by atoms with van der Waals surface area (Å²) in [5.74, 6) is 0.467. The van der Waals surface area contributed by atoms with E-state index in [0.717, 1.165) is 41.5 Å². The Kier molecular flexibility index (Phi) is 4.21. The quantitative estimate of drug-likeness (QED) is 0.747. The van der Waals surface area contributed by atoms with Crippen LogP contribution in [-0.2, 0) is 22.9 Å². The lowest BCUT2D eigenvalue weighted by Crippen LogP contribution is -2.22. The third-order valence-corrected chi connectivity index (χ3v) is 7.75. The number of hydrogen-bond acceptors (Lipinski definition) is 5. The van der Waals surface area contributed by atoms with Crippen LogP contribution in [0.15, 0.2) is 34.0 Å². The number of aromatic amines is 1. The smallest absolute Gasteiger partial charge is 0.260 e. The normalized spacial score (nSPS) is 14.7. The van der Waals surface area contributed by atoms with Gasteiger partial charge in [0.2, 0.25) is 10.0 Å². The molecule has 2 heterocycles. The van der Waals surface area contributed by atoms with Gasteiger partial charge in [-0.1, -0.05) is 0 Å². The molecule has 6 nitrogen and oxygen atoms in total. The fraction of sp³-hybridized carbons (Fsp3) is 0.333. The van der Waals surface area contributed by atoms with Gasteiger partial charge in [0.25, 0.3) is 5.56 Å². The number of nitrogens with one attached hydrogen (secondary N) is 1. The van der Waals surface area contributed by atoms with Gasteiger partial charge in [0.1, 0.15) is 10.7 Å². The molecule has 1 aliphatic carbocycles. The Labute approximate surface area is 155 Å². The second-order valence-electron chi connectivity index (χ2n) is 6.62. The van der Waals surface area contributed by atoms with Crippen molar-refractivity contribution >= 4 is 31.6 Å². The van der Waals surface area contributed by atoms with E-state index in [0.29, 0.717) is 11.4 Å². The molecule has 8 heteroatoms. The fourth-order valence-corrected chi connectivity index (χ4v) is 5.46. The van der Waals surface area contributed by atoms with Crippen molar-refractivity contribution in [3.8, 4) is 11.4 Å². The van der Waals surface area contributed by atoms with Crippen LogP contribution in [-0.4, -0.2) is 36.8 Å². The van der Waals surface area contributed by atoms with E-state index in [1.165, 1.54) is 35.4 Å². The van der Waals surface area contributed by atoms with E-state index < -0.39 is 10.0 Å². The summed E-state index contributed by atoms with van der Waals surface area (Å²) < 4.78 is 25.5. The number of H-pyrrole nitrogens is 1. The van der Waals surface area contributed by atoms with E-state index in [9.17, 15) is 13.2 Å². The Morgan fingerprint density at radius 2 is 1.81 bits per heavy atom. The van der Waals surface area contributed by atoms with E-state index in [-0.39, 0.29) is 10.5 Å². The Morgan fingerprint density at radius 3 is 2.50 bits per heavy atom. The van der Waals surface area contributed by atoms with Gasteiger partial charge in [-0.15, -0.1) is 11.3 Å². The van der Waals surface area contributed by atoms with E-state index in [1.54, 1.807) is 23.5 Å². The lowest BCUT2D eigenvalue weighted by molar-refractivity contribution is 0.521. The molecule has 1 aromatic carbocycles. The molecule has 3 aromatic rings. The van der Waals surface area contributed by atoms with E-state index >= 15 is 0 Å². The maximum absolute atomic E-state index is 12.6. The minimum Gasteiger partial charge on any atom is -0.306 e. The zero-order chi connectivity index (χ0) is 18.5. The molecule has 1 aliphatic rings. The maximum Gasteiger partial charge on any atom is 0.260 e. The summed E-state index contributed by atoms with van der Waals surface area (Å²) in [6.45, 7) is 0. The second-order valence-corrected chi connectivity index (χ2v) is 9.85. The van der Waals surface area contributed by atoms with Crippen molar-refractivity contribution in [1.82, 2.24) is 14.3 Å². The maximum atomic E-state index is 12.6. The standard InChI is InChI=1S/C18H19N3O3S2/c1-21(2)26(23,24)12-9-7-11(8-10-12)16-19-17(22)15-13-5-3-4-6-14(13)25-18(15)20-16/h7-10H,3-6H2,1-2H3,(H,19,20,22). The van der Waals surface area contributed by atoms with Gasteiger partial charge in [0.15, 0.2) is 0 Å². The highest BCUT2D eigenvalue weighted by atomic mass is 32.2. The number of sulfonamides is 1. The molecule has 0 spiro atoms. The molecule has 0 amide bonds. The van der Waals surface area contributed by atoms with E-state index in [2.05, 4.69) is 9.97 Å². The van der Waals surface area contributed by atoms with Crippen LogP contribution < -0.4 is 5.56 Å². The zero-order valence-corrected chi connectivity index (χ0v) is 16.2. The molecule has 0 unspecified atom stereocenters. The van der Waals surface area contributed by atoms with Crippen LogP contribution in [0, 0.1) is 0 Å². The number of hydrogen-bond donors (Lipinski definition) is 1. The first-order chi connectivity index (χ1) is 12.4. The van der Waals surface area contributed by atoms with Crippen LogP contribution in [0.2, 0.25) is 0 Å². The molecule has 2 aromatic heterocycles. The molecule has 0 saturated heterocycles. The van der Waals surface area contributed by atoms with Gasteiger partial charge >= 0.3 is 0 Å². The van der Waals surface area contributed by atoms with Gasteiger partial charge < -0.3 is 4.98 Å². The minimum absolute atomic E-state index is 0.116. The SMILES string of the molecule is CN(C)S(=O)(=O)c1ccc(-c2nc3sc4c(c3c(=O)[nH]2)CCCC4)cc1. The summed E-state index contributed by atoms with van der Waals surface area (Å²) in [5.41, 5.74) is 1.73. The predicted molar refractivity (Wildman–Crippen MR) is 103 cm³/mol. The van der Waals surface area contributed by atoms with Crippen molar-refractivity contribution in [3.63, 3.8) is 0 Å². The van der Waals surface area contributed by atoms with Crippen molar-refractivity contribution in [1.29, 1.82) is 0 Å². The largest absolute Gasteiger partial charge is 0.306 e. The van der Waals surface area contributed by atoms with Crippen LogP contribution in [0.1, 0.15) is 23.3 Å². The highest BCUT2D eigenvalue weighted by molar-refractivity contribution is 7.89. The summed E-state index contributed by atoms with van der Waals surface area (Å²) in [6.07, 6.45) is 4.23. The van der Waals surface area contributed by atoms with E-state index in [4.69, 9.17) is 0 Å². The van der Waals surface area contributed by atoms with Crippen molar-refractivity contribution in [2.45, 2.75) is 30.6 Å². The Morgan fingerprint density at radius 1 is 1.12 bits per heavy atom. The van der Waals surface area contributed by atoms with E-state index in [1.807, 2.05) is 0 Å². The van der Waals surface area contributed by atoms with Crippen LogP contribution in [0.25, 0.3) is 21.6 Å². The molecule has 4 rings (SSSR count). The first kappa shape index (κ1) is 17.4. The van der Waals surface area contributed by atoms with Crippen LogP contribution in [0.5, 0.6) is 0 Å². The van der Waals surface area contributed by atoms with Crippen molar-refractivity contribution in [2.24, 2.45) is 0 Å². The summed E-state index contributed by atoms with van der Waals surface area (Å²) >= 11 is 1.60. The number of aryl methyl sites for hydroxylation is 2. The van der Waals surface area contributed by atoms with Crippen LogP contribution in [0.3, 0.4) is 0 Å². The molecular formula is C18H19N3O3S2. The van der Waals surface area contributed by atoms with Gasteiger partial charge in [-0.25, -0.2) is 17.7 Å². The summed E-state index contributed by atoms with van der Waals surface area (Å²) in [5, 5.41) is 0.722. The molecule has 0 saturated carbocycles. The molecule has 26 heavy (non-hydrogen) atoms. The average Bonchev–Trinajstić information content (AvgIpc) is 3.00. The van der Waals surface area contributed by atoms with Crippen LogP contribution >= 0.6 is 11.3 Å². The number of nitrogens with zero attached hydrogens (tertiary/aromatic N) is 2. The molecule has 136 valence electrons. The minimum atomic E-state index is -3.48. The highest BCUT2D eigenvalue weighted by Gasteiger charge is 2.21. The number of rotatable bonds is 3. The van der Waals surface area contributed by atoms with Crippen molar-refractivity contribution in [2.75, 3.05) is 14.1 Å². The highest BCUT2D eigenvalue weighted by Crippen LogP contribution is 2.34. The number of fused-ring (bicyclic) bond motifs is 3. The molecule has 0 atom stereocenters. The number of benzene rings is 1. The molecule has 1 N–H and O–H groups in total. The van der Waals surface area contributed by atoms with Crippen molar-refractivity contribution < 1.29 is 8.42 Å². The fourth-order valence-electron chi connectivity index (χ4n) is 3.30. The van der Waals surface area contributed by atoms with Gasteiger partial charge in [0.05, 0.1) is 10.3 Å². The Bertz CT molecular complexity index is 1140. The Balaban J connectivity index is 1.79. The van der Waals surface area contributed by atoms with Gasteiger partial charge in [-0.3, -0.25) is 4.79 Å². The topological polar surface area (TPSA) is 83.1 Å². The number of aromatic nitrogens is 2. The third-order valence-electron chi connectivity index (χ3n) is 4.73. The molecular weight excluding hydrogens is 370 g/mol. The predicted octanol–water partition coefficient (Wildman–Crippen LogP) is 2.78. The third kappa shape index (κ3) is 2.78. The molecule has 0 fully saturated rings. The second kappa shape index (κ2) is 6.29. The molecule has 0 radical (unpaired) electrons. The molecule has 0 aliphatic heterocycles. The number of thiophene rings is 1. The van der Waals surface area contributed by atoms with Crippen molar-refractivity contribution in [3.05, 3.63) is 45.1 Å². The summed E-state index contributed by atoms with van der Waals surface area (Å²) in [6, 6.07) is 6.42. The van der Waals surface area contributed by atoms with Gasteiger partial charge in [-0.2, -0.15) is 0 Å². The Hall–Kier alpha value is -2.03. The average molecular weight is 390 g/mol. The monoisotopic (exact) mass is 389 g/mol.